The first-order valence-electron chi connectivity index (χ1n) is 6.99. The summed E-state index contributed by atoms with van der Waals surface area (Å²) >= 11 is 0. The number of hydrogen-bond donors (Lipinski definition) is 2. The number of hydrogen-bond acceptors (Lipinski definition) is 6. The summed E-state index contributed by atoms with van der Waals surface area (Å²) < 4.78 is 3.39. The zero-order valence-corrected chi connectivity index (χ0v) is 12.4. The topological polar surface area (TPSA) is 115 Å². The van der Waals surface area contributed by atoms with E-state index in [2.05, 4.69) is 35.9 Å². The van der Waals surface area contributed by atoms with Crippen molar-refractivity contribution in [1.29, 1.82) is 0 Å². The maximum Gasteiger partial charge on any atom is 0.319 e. The quantitative estimate of drug-likeness (QED) is 0.712. The third kappa shape index (κ3) is 3.48. The Labute approximate surface area is 131 Å². The predicted octanol–water partition coefficient (Wildman–Crippen LogP) is 0.595. The highest BCUT2D eigenvalue weighted by Gasteiger charge is 2.06. The number of pyridine rings is 1. The molecule has 23 heavy (non-hydrogen) atoms. The molecule has 3 aromatic heterocycles. The molecule has 0 aliphatic rings. The molecule has 0 aliphatic heterocycles. The second-order valence-electron chi connectivity index (χ2n) is 4.59. The van der Waals surface area contributed by atoms with Gasteiger partial charge in [0.05, 0.1) is 18.4 Å². The van der Waals surface area contributed by atoms with Crippen molar-refractivity contribution in [2.75, 3.05) is 5.32 Å². The van der Waals surface area contributed by atoms with Gasteiger partial charge in [-0.1, -0.05) is 0 Å². The van der Waals surface area contributed by atoms with E-state index in [0.29, 0.717) is 23.9 Å². The van der Waals surface area contributed by atoms with Gasteiger partial charge in [0.2, 0.25) is 0 Å². The Bertz CT molecular complexity index is 763. The van der Waals surface area contributed by atoms with E-state index in [1.54, 1.807) is 31.0 Å². The van der Waals surface area contributed by atoms with E-state index in [1.165, 1.54) is 11.0 Å². The summed E-state index contributed by atoms with van der Waals surface area (Å²) in [6.45, 7) is 3.03. The zero-order chi connectivity index (χ0) is 16.1. The fourth-order valence-corrected chi connectivity index (χ4v) is 1.94. The average molecular weight is 313 g/mol. The number of nitrogens with one attached hydrogen (secondary N) is 2. The van der Waals surface area contributed by atoms with E-state index >= 15 is 0 Å². The second-order valence-corrected chi connectivity index (χ2v) is 4.59. The van der Waals surface area contributed by atoms with Crippen molar-refractivity contribution in [3.8, 4) is 5.82 Å². The van der Waals surface area contributed by atoms with Crippen LogP contribution in [0.1, 0.15) is 12.7 Å². The van der Waals surface area contributed by atoms with Crippen LogP contribution < -0.4 is 10.6 Å². The van der Waals surface area contributed by atoms with Crippen molar-refractivity contribution < 1.29 is 4.79 Å². The SMILES string of the molecule is CCn1cnnc1CNC(=O)Nc1ccc(-n2cncn2)nc1. The molecule has 0 aromatic carbocycles. The minimum atomic E-state index is -0.342. The van der Waals surface area contributed by atoms with Crippen LogP contribution in [0.2, 0.25) is 0 Å². The first kappa shape index (κ1) is 14.6. The maximum atomic E-state index is 11.9. The van der Waals surface area contributed by atoms with Crippen LogP contribution in [0.25, 0.3) is 5.82 Å². The van der Waals surface area contributed by atoms with Crippen LogP contribution in [0.4, 0.5) is 10.5 Å². The van der Waals surface area contributed by atoms with Gasteiger partial charge in [0.15, 0.2) is 11.6 Å². The molecule has 10 nitrogen and oxygen atoms in total. The van der Waals surface area contributed by atoms with Crippen LogP contribution in [0.5, 0.6) is 0 Å². The van der Waals surface area contributed by atoms with Crippen LogP contribution in [-0.2, 0) is 13.1 Å². The fourth-order valence-electron chi connectivity index (χ4n) is 1.94. The molecule has 0 atom stereocenters. The molecule has 2 N–H and O–H groups in total. The lowest BCUT2D eigenvalue weighted by atomic mass is 10.4. The molecular weight excluding hydrogens is 298 g/mol. The molecule has 2 amide bonds. The van der Waals surface area contributed by atoms with E-state index in [1.807, 2.05) is 11.5 Å². The number of nitrogens with zero attached hydrogens (tertiary/aromatic N) is 7. The first-order chi connectivity index (χ1) is 11.3. The number of urea groups is 1. The van der Waals surface area contributed by atoms with Gasteiger partial charge in [-0.25, -0.2) is 19.4 Å². The Hall–Kier alpha value is -3.30. The summed E-state index contributed by atoms with van der Waals surface area (Å²) in [6, 6.07) is 3.13. The van der Waals surface area contributed by atoms with Gasteiger partial charge in [0, 0.05) is 6.54 Å². The molecule has 3 aromatic rings. The Morgan fingerprint density at radius 2 is 2.22 bits per heavy atom. The van der Waals surface area contributed by atoms with E-state index in [9.17, 15) is 4.79 Å². The van der Waals surface area contributed by atoms with Gasteiger partial charge < -0.3 is 15.2 Å². The van der Waals surface area contributed by atoms with Gasteiger partial charge in [-0.2, -0.15) is 5.10 Å². The highest BCUT2D eigenvalue weighted by atomic mass is 16.2. The number of carbonyl (C=O) groups excluding carboxylic acids is 1. The molecule has 118 valence electrons. The molecule has 0 radical (unpaired) electrons. The first-order valence-corrected chi connectivity index (χ1v) is 6.99. The molecule has 0 spiro atoms. The maximum absolute atomic E-state index is 11.9. The molecule has 10 heteroatoms. The molecule has 0 saturated heterocycles. The van der Waals surface area contributed by atoms with Gasteiger partial charge in [-0.05, 0) is 19.1 Å². The van der Waals surface area contributed by atoms with Gasteiger partial charge in [-0.3, -0.25) is 0 Å². The summed E-state index contributed by atoms with van der Waals surface area (Å²) in [5, 5.41) is 17.2. The van der Waals surface area contributed by atoms with E-state index in [0.717, 1.165) is 6.54 Å². The van der Waals surface area contributed by atoms with Crippen molar-refractivity contribution in [3.05, 3.63) is 43.1 Å². The molecule has 0 bridgehead atoms. The molecule has 0 aliphatic carbocycles. The highest BCUT2D eigenvalue weighted by Crippen LogP contribution is 2.08. The number of anilines is 1. The monoisotopic (exact) mass is 313 g/mol. The van der Waals surface area contributed by atoms with Crippen LogP contribution >= 0.6 is 0 Å². The second kappa shape index (κ2) is 6.64. The number of aryl methyl sites for hydroxylation is 1. The van der Waals surface area contributed by atoms with Gasteiger partial charge in [0.25, 0.3) is 0 Å². The normalized spacial score (nSPS) is 10.5. The number of amides is 2. The van der Waals surface area contributed by atoms with Gasteiger partial charge in [-0.15, -0.1) is 10.2 Å². The summed E-state index contributed by atoms with van der Waals surface area (Å²) in [6.07, 6.45) is 6.15. The minimum Gasteiger partial charge on any atom is -0.331 e. The van der Waals surface area contributed by atoms with Crippen molar-refractivity contribution in [2.24, 2.45) is 0 Å². The zero-order valence-electron chi connectivity index (χ0n) is 12.4. The van der Waals surface area contributed by atoms with E-state index < -0.39 is 0 Å². The number of carbonyl (C=O) groups is 1. The minimum absolute atomic E-state index is 0.296. The van der Waals surface area contributed by atoms with Crippen molar-refractivity contribution in [3.63, 3.8) is 0 Å². The third-order valence-corrected chi connectivity index (χ3v) is 3.10. The standard InChI is InChI=1S/C13H15N9O/c1-2-21-9-17-20-12(21)6-16-13(23)19-10-3-4-11(15-5-10)22-8-14-7-18-22/h3-5,7-9H,2,6H2,1H3,(H2,16,19,23). The smallest absolute Gasteiger partial charge is 0.319 e. The summed E-state index contributed by atoms with van der Waals surface area (Å²) in [5.41, 5.74) is 0.573. The Morgan fingerprint density at radius 3 is 2.91 bits per heavy atom. The van der Waals surface area contributed by atoms with Crippen LogP contribution in [0.3, 0.4) is 0 Å². The van der Waals surface area contributed by atoms with Gasteiger partial charge >= 0.3 is 6.03 Å². The molecular formula is C13H15N9O. The molecule has 3 rings (SSSR count). The Kier molecular flexibility index (Phi) is 4.22. The number of rotatable bonds is 5. The average Bonchev–Trinajstić information content (AvgIpc) is 3.25. The lowest BCUT2D eigenvalue weighted by Crippen LogP contribution is -2.29. The van der Waals surface area contributed by atoms with Crippen LogP contribution in [0.15, 0.2) is 37.3 Å². The fraction of sp³-hybridized carbons (Fsp3) is 0.231. The molecule has 0 fully saturated rings. The predicted molar refractivity (Wildman–Crippen MR) is 80.7 cm³/mol. The summed E-state index contributed by atoms with van der Waals surface area (Å²) in [7, 11) is 0. The van der Waals surface area contributed by atoms with Crippen molar-refractivity contribution in [1.82, 2.24) is 39.8 Å². The lowest BCUT2D eigenvalue weighted by molar-refractivity contribution is 0.251. The third-order valence-electron chi connectivity index (χ3n) is 3.10. The summed E-state index contributed by atoms with van der Waals surface area (Å²) in [5.74, 6) is 1.31. The Balaban J connectivity index is 1.55. The molecule has 0 unspecified atom stereocenters. The highest BCUT2D eigenvalue weighted by molar-refractivity contribution is 5.88. The van der Waals surface area contributed by atoms with Crippen LogP contribution in [-0.4, -0.2) is 40.5 Å². The number of aromatic nitrogens is 7. The van der Waals surface area contributed by atoms with Crippen molar-refractivity contribution >= 4 is 11.7 Å². The van der Waals surface area contributed by atoms with Crippen LogP contribution in [0, 0.1) is 0 Å². The lowest BCUT2D eigenvalue weighted by Gasteiger charge is -2.08. The van der Waals surface area contributed by atoms with E-state index in [4.69, 9.17) is 0 Å². The Morgan fingerprint density at radius 1 is 1.30 bits per heavy atom. The molecule has 0 saturated carbocycles. The van der Waals surface area contributed by atoms with E-state index in [-0.39, 0.29) is 6.03 Å². The van der Waals surface area contributed by atoms with Crippen molar-refractivity contribution in [2.45, 2.75) is 20.0 Å². The summed E-state index contributed by atoms with van der Waals surface area (Å²) in [4.78, 5) is 19.9. The van der Waals surface area contributed by atoms with Gasteiger partial charge in [0.1, 0.15) is 19.0 Å². The molecule has 3 heterocycles. The largest absolute Gasteiger partial charge is 0.331 e.